The first-order valence-electron chi connectivity index (χ1n) is 7.70. The molecule has 3 rings (SSSR count). The van der Waals surface area contributed by atoms with Crippen LogP contribution in [0.4, 0.5) is 5.69 Å². The number of benzene rings is 2. The fraction of sp³-hybridized carbons (Fsp3) is 0.222. The molecule has 1 aromatic heterocycles. The Labute approximate surface area is 149 Å². The number of fused-ring (bicyclic) bond motifs is 1. The monoisotopic (exact) mass is 358 g/mol. The molecule has 0 aliphatic rings. The summed E-state index contributed by atoms with van der Waals surface area (Å²) in [5, 5.41) is 3.41. The number of amides is 1. The number of ether oxygens (including phenoxy) is 2. The van der Waals surface area contributed by atoms with Crippen molar-refractivity contribution in [3.63, 3.8) is 0 Å². The number of para-hydroxylation sites is 2. The number of hydrogen-bond acceptors (Lipinski definition) is 6. The van der Waals surface area contributed by atoms with Crippen LogP contribution in [0.25, 0.3) is 11.1 Å². The number of rotatable bonds is 7. The van der Waals surface area contributed by atoms with Gasteiger partial charge in [-0.2, -0.15) is 0 Å². The van der Waals surface area contributed by atoms with E-state index < -0.39 is 0 Å². The lowest BCUT2D eigenvalue weighted by Gasteiger charge is -2.11. The van der Waals surface area contributed by atoms with E-state index in [2.05, 4.69) is 10.3 Å². The zero-order valence-corrected chi connectivity index (χ0v) is 14.8. The Kier molecular flexibility index (Phi) is 5.45. The van der Waals surface area contributed by atoms with Crippen LogP contribution in [0.5, 0.6) is 11.5 Å². The third-order valence-electron chi connectivity index (χ3n) is 3.51. The number of methoxy groups -OCH3 is 2. The van der Waals surface area contributed by atoms with Crippen molar-refractivity contribution in [1.82, 2.24) is 4.98 Å². The van der Waals surface area contributed by atoms with E-state index in [0.29, 0.717) is 34.6 Å². The van der Waals surface area contributed by atoms with Gasteiger partial charge in [0, 0.05) is 18.2 Å². The molecule has 0 bridgehead atoms. The highest BCUT2D eigenvalue weighted by Crippen LogP contribution is 2.29. The van der Waals surface area contributed by atoms with Crippen molar-refractivity contribution >= 4 is 34.5 Å². The topological polar surface area (TPSA) is 73.6 Å². The number of nitrogens with zero attached hydrogens (tertiary/aromatic N) is 1. The first-order chi connectivity index (χ1) is 12.2. The smallest absolute Gasteiger partial charge is 0.256 e. The molecule has 1 amide bonds. The van der Waals surface area contributed by atoms with Crippen LogP contribution in [-0.4, -0.2) is 30.9 Å². The van der Waals surface area contributed by atoms with E-state index in [0.717, 1.165) is 11.1 Å². The SMILES string of the molecule is COc1ccc(NC(=O)CCSc2nc3ccccc3o2)c(OC)c1. The van der Waals surface area contributed by atoms with Crippen molar-refractivity contribution in [2.24, 2.45) is 0 Å². The molecular weight excluding hydrogens is 340 g/mol. The average Bonchev–Trinajstić information content (AvgIpc) is 3.04. The lowest BCUT2D eigenvalue weighted by atomic mass is 10.2. The number of nitrogens with one attached hydrogen (secondary N) is 1. The van der Waals surface area contributed by atoms with Gasteiger partial charge in [0.2, 0.25) is 5.91 Å². The van der Waals surface area contributed by atoms with E-state index in [-0.39, 0.29) is 5.91 Å². The molecule has 25 heavy (non-hydrogen) atoms. The Bertz CT molecular complexity index is 845. The summed E-state index contributed by atoms with van der Waals surface area (Å²) >= 11 is 1.41. The maximum Gasteiger partial charge on any atom is 0.256 e. The molecule has 0 saturated heterocycles. The molecule has 0 spiro atoms. The molecule has 130 valence electrons. The maximum atomic E-state index is 12.1. The molecule has 1 heterocycles. The van der Waals surface area contributed by atoms with Crippen LogP contribution >= 0.6 is 11.8 Å². The molecule has 1 N–H and O–H groups in total. The third kappa shape index (κ3) is 4.24. The largest absolute Gasteiger partial charge is 0.497 e. The van der Waals surface area contributed by atoms with Gasteiger partial charge in [0.05, 0.1) is 19.9 Å². The summed E-state index contributed by atoms with van der Waals surface area (Å²) < 4.78 is 16.0. The summed E-state index contributed by atoms with van der Waals surface area (Å²) in [6, 6.07) is 12.8. The first kappa shape index (κ1) is 17.2. The van der Waals surface area contributed by atoms with Crippen LogP contribution in [0.2, 0.25) is 0 Å². The summed E-state index contributed by atoms with van der Waals surface area (Å²) in [4.78, 5) is 16.5. The normalized spacial score (nSPS) is 10.6. The van der Waals surface area contributed by atoms with Gasteiger partial charge in [-0.05, 0) is 24.3 Å². The highest BCUT2D eigenvalue weighted by molar-refractivity contribution is 7.99. The predicted octanol–water partition coefficient (Wildman–Crippen LogP) is 3.97. The number of anilines is 1. The Morgan fingerprint density at radius 3 is 2.80 bits per heavy atom. The minimum Gasteiger partial charge on any atom is -0.497 e. The van der Waals surface area contributed by atoms with E-state index in [1.54, 1.807) is 32.4 Å². The zero-order valence-electron chi connectivity index (χ0n) is 13.9. The van der Waals surface area contributed by atoms with Crippen molar-refractivity contribution in [3.05, 3.63) is 42.5 Å². The molecule has 6 nitrogen and oxygen atoms in total. The van der Waals surface area contributed by atoms with Crippen molar-refractivity contribution in [2.45, 2.75) is 11.6 Å². The summed E-state index contributed by atoms with van der Waals surface area (Å²) in [5.41, 5.74) is 2.18. The van der Waals surface area contributed by atoms with Crippen LogP contribution in [0.15, 0.2) is 52.1 Å². The second-order valence-electron chi connectivity index (χ2n) is 5.16. The molecule has 0 atom stereocenters. The minimum atomic E-state index is -0.105. The van der Waals surface area contributed by atoms with Crippen LogP contribution < -0.4 is 14.8 Å². The zero-order chi connectivity index (χ0) is 17.6. The number of carbonyl (C=O) groups excluding carboxylic acids is 1. The van der Waals surface area contributed by atoms with Crippen LogP contribution in [0.3, 0.4) is 0 Å². The molecule has 0 aliphatic carbocycles. The Balaban J connectivity index is 1.54. The van der Waals surface area contributed by atoms with Gasteiger partial charge in [0.1, 0.15) is 17.0 Å². The molecule has 7 heteroatoms. The van der Waals surface area contributed by atoms with E-state index in [4.69, 9.17) is 13.9 Å². The standard InChI is InChI=1S/C18H18N2O4S/c1-22-12-7-8-14(16(11-12)23-2)19-17(21)9-10-25-18-20-13-5-3-4-6-15(13)24-18/h3-8,11H,9-10H2,1-2H3,(H,19,21). The van der Waals surface area contributed by atoms with E-state index in [1.165, 1.54) is 11.8 Å². The van der Waals surface area contributed by atoms with Gasteiger partial charge in [-0.1, -0.05) is 23.9 Å². The average molecular weight is 358 g/mol. The molecule has 2 aromatic carbocycles. The van der Waals surface area contributed by atoms with Crippen LogP contribution in [0, 0.1) is 0 Å². The summed E-state index contributed by atoms with van der Waals surface area (Å²) in [7, 11) is 3.13. The van der Waals surface area contributed by atoms with Crippen molar-refractivity contribution in [3.8, 4) is 11.5 Å². The Hall–Kier alpha value is -2.67. The van der Waals surface area contributed by atoms with E-state index in [1.807, 2.05) is 24.3 Å². The molecule has 0 radical (unpaired) electrons. The summed E-state index contributed by atoms with van der Waals surface area (Å²) in [6.45, 7) is 0. The van der Waals surface area contributed by atoms with Gasteiger partial charge in [-0.15, -0.1) is 0 Å². The predicted molar refractivity (Wildman–Crippen MR) is 97.5 cm³/mol. The highest BCUT2D eigenvalue weighted by atomic mass is 32.2. The number of oxazole rings is 1. The molecule has 0 saturated carbocycles. The van der Waals surface area contributed by atoms with Gasteiger partial charge in [0.25, 0.3) is 5.22 Å². The highest BCUT2D eigenvalue weighted by Gasteiger charge is 2.11. The van der Waals surface area contributed by atoms with Gasteiger partial charge in [0.15, 0.2) is 5.58 Å². The Morgan fingerprint density at radius 1 is 1.20 bits per heavy atom. The van der Waals surface area contributed by atoms with E-state index in [9.17, 15) is 4.79 Å². The van der Waals surface area contributed by atoms with Gasteiger partial charge in [-0.25, -0.2) is 4.98 Å². The fourth-order valence-electron chi connectivity index (χ4n) is 2.26. The molecular formula is C18H18N2O4S. The van der Waals surface area contributed by atoms with Crippen molar-refractivity contribution < 1.29 is 18.7 Å². The van der Waals surface area contributed by atoms with Gasteiger partial charge < -0.3 is 19.2 Å². The first-order valence-corrected chi connectivity index (χ1v) is 8.68. The second-order valence-corrected chi connectivity index (χ2v) is 6.21. The number of carbonyl (C=O) groups is 1. The minimum absolute atomic E-state index is 0.105. The van der Waals surface area contributed by atoms with Crippen LogP contribution in [-0.2, 0) is 4.79 Å². The van der Waals surface area contributed by atoms with Crippen molar-refractivity contribution in [2.75, 3.05) is 25.3 Å². The summed E-state index contributed by atoms with van der Waals surface area (Å²) in [5.74, 6) is 1.68. The number of hydrogen-bond donors (Lipinski definition) is 1. The molecule has 0 aliphatic heterocycles. The van der Waals surface area contributed by atoms with Gasteiger partial charge in [-0.3, -0.25) is 4.79 Å². The number of aromatic nitrogens is 1. The Morgan fingerprint density at radius 2 is 2.04 bits per heavy atom. The lowest BCUT2D eigenvalue weighted by molar-refractivity contribution is -0.115. The van der Waals surface area contributed by atoms with Gasteiger partial charge >= 0.3 is 0 Å². The van der Waals surface area contributed by atoms with E-state index >= 15 is 0 Å². The lowest BCUT2D eigenvalue weighted by Crippen LogP contribution is -2.13. The second kappa shape index (κ2) is 7.94. The molecule has 0 unspecified atom stereocenters. The van der Waals surface area contributed by atoms with Crippen LogP contribution in [0.1, 0.15) is 6.42 Å². The molecule has 3 aromatic rings. The van der Waals surface area contributed by atoms with Crippen molar-refractivity contribution in [1.29, 1.82) is 0 Å². The fourth-order valence-corrected chi connectivity index (χ4v) is 3.03. The maximum absolute atomic E-state index is 12.1. The quantitative estimate of drug-likeness (QED) is 0.644. The third-order valence-corrected chi connectivity index (χ3v) is 4.34. The number of thioether (sulfide) groups is 1. The molecule has 0 fully saturated rings. The summed E-state index contributed by atoms with van der Waals surface area (Å²) in [6.07, 6.45) is 0.332.